The Morgan fingerprint density at radius 2 is 1.82 bits per heavy atom. The van der Waals surface area contributed by atoms with Crippen LogP contribution in [-0.2, 0) is 4.79 Å². The largest absolute Gasteiger partial charge is 0.330 e. The molecule has 1 saturated carbocycles. The van der Waals surface area contributed by atoms with Gasteiger partial charge in [-0.1, -0.05) is 27.2 Å². The van der Waals surface area contributed by atoms with Crippen LogP contribution in [0.4, 0.5) is 0 Å². The minimum Gasteiger partial charge on any atom is -0.330 e. The summed E-state index contributed by atoms with van der Waals surface area (Å²) in [4.78, 5) is 12.4. The zero-order chi connectivity index (χ0) is 12.8. The molecule has 0 radical (unpaired) electrons. The predicted octanol–water partition coefficient (Wildman–Crippen LogP) is 3.39. The van der Waals surface area contributed by atoms with Crippen LogP contribution < -0.4 is 5.73 Å². The van der Waals surface area contributed by atoms with Gasteiger partial charge >= 0.3 is 0 Å². The first kappa shape index (κ1) is 14.7. The van der Waals surface area contributed by atoms with Crippen molar-refractivity contribution in [3.05, 3.63) is 0 Å². The SMILES string of the molecule is CCC1CCC(C(=O)C(CN)CC(C)C)CC1. The standard InChI is InChI=1S/C15H29NO/c1-4-12-5-7-13(8-6-12)15(17)14(10-16)9-11(2)3/h11-14H,4-10,16H2,1-3H3. The molecule has 0 saturated heterocycles. The molecule has 1 rings (SSSR count). The molecular weight excluding hydrogens is 210 g/mol. The second-order valence-electron chi connectivity index (χ2n) is 6.09. The van der Waals surface area contributed by atoms with Crippen LogP contribution in [-0.4, -0.2) is 12.3 Å². The Balaban J connectivity index is 2.46. The van der Waals surface area contributed by atoms with Gasteiger partial charge in [0.2, 0.25) is 0 Å². The van der Waals surface area contributed by atoms with Crippen molar-refractivity contribution in [2.75, 3.05) is 6.54 Å². The van der Waals surface area contributed by atoms with Crippen molar-refractivity contribution >= 4 is 5.78 Å². The van der Waals surface area contributed by atoms with E-state index in [0.29, 0.717) is 24.2 Å². The summed E-state index contributed by atoms with van der Waals surface area (Å²) in [6.45, 7) is 7.13. The fourth-order valence-corrected chi connectivity index (χ4v) is 3.09. The lowest BCUT2D eigenvalue weighted by atomic mass is 9.75. The first-order chi connectivity index (χ1) is 8.08. The molecule has 0 bridgehead atoms. The molecule has 100 valence electrons. The van der Waals surface area contributed by atoms with Gasteiger partial charge < -0.3 is 5.73 Å². The van der Waals surface area contributed by atoms with Crippen LogP contribution >= 0.6 is 0 Å². The summed E-state index contributed by atoms with van der Waals surface area (Å²) < 4.78 is 0. The van der Waals surface area contributed by atoms with E-state index in [1.54, 1.807) is 0 Å². The first-order valence-corrected chi connectivity index (χ1v) is 7.32. The lowest BCUT2D eigenvalue weighted by Crippen LogP contribution is -2.32. The molecule has 0 aliphatic heterocycles. The van der Waals surface area contributed by atoms with Crippen molar-refractivity contribution in [1.82, 2.24) is 0 Å². The van der Waals surface area contributed by atoms with Crippen molar-refractivity contribution in [1.29, 1.82) is 0 Å². The summed E-state index contributed by atoms with van der Waals surface area (Å²) in [5, 5.41) is 0. The number of rotatable bonds is 6. The molecule has 0 heterocycles. The van der Waals surface area contributed by atoms with Gasteiger partial charge in [0.25, 0.3) is 0 Å². The highest BCUT2D eigenvalue weighted by Crippen LogP contribution is 2.33. The predicted molar refractivity (Wildman–Crippen MR) is 72.7 cm³/mol. The van der Waals surface area contributed by atoms with E-state index < -0.39 is 0 Å². The molecule has 1 aliphatic rings. The summed E-state index contributed by atoms with van der Waals surface area (Å²) >= 11 is 0. The van der Waals surface area contributed by atoms with Gasteiger partial charge in [0.05, 0.1) is 0 Å². The monoisotopic (exact) mass is 239 g/mol. The molecule has 0 aromatic heterocycles. The maximum absolute atomic E-state index is 12.4. The minimum atomic E-state index is 0.109. The Hall–Kier alpha value is -0.370. The van der Waals surface area contributed by atoms with Crippen LogP contribution in [0.15, 0.2) is 0 Å². The van der Waals surface area contributed by atoms with E-state index in [0.717, 1.165) is 25.2 Å². The van der Waals surface area contributed by atoms with E-state index in [-0.39, 0.29) is 5.92 Å². The van der Waals surface area contributed by atoms with Crippen molar-refractivity contribution < 1.29 is 4.79 Å². The number of hydrogen-bond donors (Lipinski definition) is 1. The first-order valence-electron chi connectivity index (χ1n) is 7.32. The van der Waals surface area contributed by atoms with Gasteiger partial charge in [0, 0.05) is 18.4 Å². The number of hydrogen-bond acceptors (Lipinski definition) is 2. The van der Waals surface area contributed by atoms with E-state index in [1.165, 1.54) is 19.3 Å². The maximum atomic E-state index is 12.4. The Morgan fingerprint density at radius 3 is 2.24 bits per heavy atom. The normalized spacial score (nSPS) is 27.1. The van der Waals surface area contributed by atoms with Gasteiger partial charge in [-0.2, -0.15) is 0 Å². The minimum absolute atomic E-state index is 0.109. The molecule has 2 nitrogen and oxygen atoms in total. The van der Waals surface area contributed by atoms with Crippen molar-refractivity contribution in [2.45, 2.75) is 59.3 Å². The van der Waals surface area contributed by atoms with Gasteiger partial charge in [-0.25, -0.2) is 0 Å². The van der Waals surface area contributed by atoms with Crippen molar-refractivity contribution in [3.63, 3.8) is 0 Å². The maximum Gasteiger partial charge on any atom is 0.140 e. The third-order valence-corrected chi connectivity index (χ3v) is 4.27. The van der Waals surface area contributed by atoms with E-state index in [1.807, 2.05) is 0 Å². The molecule has 0 aromatic carbocycles. The molecule has 0 aromatic rings. The number of nitrogens with two attached hydrogens (primary N) is 1. The Morgan fingerprint density at radius 1 is 1.24 bits per heavy atom. The Labute approximate surface area is 106 Å². The fourth-order valence-electron chi connectivity index (χ4n) is 3.09. The van der Waals surface area contributed by atoms with Gasteiger partial charge in [-0.05, 0) is 43.9 Å². The summed E-state index contributed by atoms with van der Waals surface area (Å²) in [5.74, 6) is 2.30. The topological polar surface area (TPSA) is 43.1 Å². The van der Waals surface area contributed by atoms with Crippen LogP contribution in [0.5, 0.6) is 0 Å². The van der Waals surface area contributed by atoms with Crippen molar-refractivity contribution in [3.8, 4) is 0 Å². The van der Waals surface area contributed by atoms with Gasteiger partial charge in [0.15, 0.2) is 0 Å². The summed E-state index contributed by atoms with van der Waals surface area (Å²) in [6.07, 6.45) is 6.92. The molecule has 2 heteroatoms. The van der Waals surface area contributed by atoms with E-state index in [4.69, 9.17) is 5.73 Å². The molecule has 1 fully saturated rings. The van der Waals surface area contributed by atoms with Gasteiger partial charge in [-0.15, -0.1) is 0 Å². The second-order valence-corrected chi connectivity index (χ2v) is 6.09. The van der Waals surface area contributed by atoms with Crippen molar-refractivity contribution in [2.24, 2.45) is 29.4 Å². The Kier molecular flexibility index (Phi) is 6.18. The van der Waals surface area contributed by atoms with E-state index in [2.05, 4.69) is 20.8 Å². The number of carbonyl (C=O) groups is 1. The summed E-state index contributed by atoms with van der Waals surface area (Å²) in [7, 11) is 0. The zero-order valence-corrected chi connectivity index (χ0v) is 11.7. The van der Waals surface area contributed by atoms with Crippen LogP contribution in [0.2, 0.25) is 0 Å². The van der Waals surface area contributed by atoms with E-state index >= 15 is 0 Å². The molecule has 17 heavy (non-hydrogen) atoms. The number of ketones is 1. The van der Waals surface area contributed by atoms with Crippen LogP contribution in [0.25, 0.3) is 0 Å². The summed E-state index contributed by atoms with van der Waals surface area (Å²) in [6, 6.07) is 0. The highest BCUT2D eigenvalue weighted by Gasteiger charge is 2.29. The smallest absolute Gasteiger partial charge is 0.140 e. The molecule has 1 aliphatic carbocycles. The van der Waals surface area contributed by atoms with E-state index in [9.17, 15) is 4.79 Å². The molecule has 0 spiro atoms. The average molecular weight is 239 g/mol. The second kappa shape index (κ2) is 7.15. The fraction of sp³-hybridized carbons (Fsp3) is 0.933. The number of Topliss-reactive ketones (excluding diaryl/α,β-unsaturated/α-hetero) is 1. The molecule has 1 unspecified atom stereocenters. The number of carbonyl (C=O) groups excluding carboxylic acids is 1. The van der Waals surface area contributed by atoms with Crippen LogP contribution in [0.3, 0.4) is 0 Å². The lowest BCUT2D eigenvalue weighted by molar-refractivity contribution is -0.128. The highest BCUT2D eigenvalue weighted by atomic mass is 16.1. The van der Waals surface area contributed by atoms with Crippen LogP contribution in [0.1, 0.15) is 59.3 Å². The lowest BCUT2D eigenvalue weighted by Gasteiger charge is -2.29. The summed E-state index contributed by atoms with van der Waals surface area (Å²) in [5.41, 5.74) is 5.76. The molecule has 2 N–H and O–H groups in total. The average Bonchev–Trinajstić information content (AvgIpc) is 2.35. The third-order valence-electron chi connectivity index (χ3n) is 4.27. The van der Waals surface area contributed by atoms with Gasteiger partial charge in [0.1, 0.15) is 5.78 Å². The van der Waals surface area contributed by atoms with Gasteiger partial charge in [-0.3, -0.25) is 4.79 Å². The quantitative estimate of drug-likeness (QED) is 0.772. The zero-order valence-electron chi connectivity index (χ0n) is 11.7. The third kappa shape index (κ3) is 4.42. The molecule has 0 amide bonds. The highest BCUT2D eigenvalue weighted by molar-refractivity contribution is 5.83. The van der Waals surface area contributed by atoms with Crippen LogP contribution in [0, 0.1) is 23.7 Å². The molecule has 1 atom stereocenters. The molecular formula is C15H29NO. The Bertz CT molecular complexity index is 229.